The Morgan fingerprint density at radius 3 is 2.83 bits per heavy atom. The van der Waals surface area contributed by atoms with Crippen LogP contribution in [0.1, 0.15) is 12.0 Å². The number of rotatable bonds is 1. The van der Waals surface area contributed by atoms with Crippen molar-refractivity contribution in [2.75, 3.05) is 18.0 Å². The summed E-state index contributed by atoms with van der Waals surface area (Å²) >= 11 is 0. The summed E-state index contributed by atoms with van der Waals surface area (Å²) in [5, 5.41) is 0.843. The summed E-state index contributed by atoms with van der Waals surface area (Å²) in [4.78, 5) is 9.98. The van der Waals surface area contributed by atoms with Gasteiger partial charge in [0.2, 0.25) is 0 Å². The first-order valence-electron chi connectivity index (χ1n) is 5.89. The highest BCUT2D eigenvalue weighted by Crippen LogP contribution is 2.33. The summed E-state index contributed by atoms with van der Waals surface area (Å²) in [6.45, 7) is 2.05. The monoisotopic (exact) mass is 249 g/mol. The molecule has 5 heteroatoms. The van der Waals surface area contributed by atoms with Crippen molar-refractivity contribution >= 4 is 16.7 Å². The molecule has 1 aliphatic heterocycles. The molecule has 2 heterocycles. The molecule has 1 aromatic carbocycles. The van der Waals surface area contributed by atoms with Gasteiger partial charge in [-0.05, 0) is 19.1 Å². The number of halogens is 2. The van der Waals surface area contributed by atoms with Crippen LogP contribution in [0, 0.1) is 6.92 Å². The molecule has 0 unspecified atom stereocenters. The van der Waals surface area contributed by atoms with Crippen LogP contribution in [-0.2, 0) is 0 Å². The van der Waals surface area contributed by atoms with Crippen molar-refractivity contribution in [1.29, 1.82) is 0 Å². The third-order valence-corrected chi connectivity index (χ3v) is 3.24. The van der Waals surface area contributed by atoms with Crippen LogP contribution in [0.15, 0.2) is 24.5 Å². The minimum Gasteiger partial charge on any atom is -0.350 e. The third-order valence-electron chi connectivity index (χ3n) is 3.24. The van der Waals surface area contributed by atoms with E-state index in [1.54, 1.807) is 4.90 Å². The maximum atomic E-state index is 13.3. The van der Waals surface area contributed by atoms with E-state index in [0.29, 0.717) is 12.4 Å². The molecule has 2 aromatic rings. The van der Waals surface area contributed by atoms with Crippen molar-refractivity contribution in [3.05, 3.63) is 30.1 Å². The predicted octanol–water partition coefficient (Wildman–Crippen LogP) is 2.78. The number of hydrogen-bond acceptors (Lipinski definition) is 3. The number of hydrogen-bond donors (Lipinski definition) is 0. The molecule has 1 fully saturated rings. The Morgan fingerprint density at radius 2 is 2.11 bits per heavy atom. The van der Waals surface area contributed by atoms with E-state index in [1.165, 1.54) is 6.33 Å². The molecule has 3 rings (SSSR count). The van der Waals surface area contributed by atoms with Crippen LogP contribution >= 0.6 is 0 Å². The van der Waals surface area contributed by atoms with E-state index in [-0.39, 0.29) is 13.0 Å². The Hall–Kier alpha value is -1.78. The number of fused-ring (bicyclic) bond motifs is 1. The molecule has 0 saturated carbocycles. The molecule has 0 spiro atoms. The number of alkyl halides is 2. The number of anilines is 1. The van der Waals surface area contributed by atoms with Gasteiger partial charge in [-0.15, -0.1) is 0 Å². The summed E-state index contributed by atoms with van der Waals surface area (Å²) in [6, 6.07) is 5.79. The largest absolute Gasteiger partial charge is 0.350 e. The highest BCUT2D eigenvalue weighted by atomic mass is 19.3. The molecule has 0 radical (unpaired) electrons. The van der Waals surface area contributed by atoms with Crippen molar-refractivity contribution < 1.29 is 8.78 Å². The van der Waals surface area contributed by atoms with Gasteiger partial charge in [0.25, 0.3) is 5.92 Å². The van der Waals surface area contributed by atoms with Crippen LogP contribution in [-0.4, -0.2) is 29.0 Å². The van der Waals surface area contributed by atoms with E-state index >= 15 is 0 Å². The van der Waals surface area contributed by atoms with Gasteiger partial charge in [0, 0.05) is 18.4 Å². The quantitative estimate of drug-likeness (QED) is 0.778. The average Bonchev–Trinajstić information content (AvgIpc) is 2.69. The Labute approximate surface area is 103 Å². The Balaban J connectivity index is 2.09. The normalized spacial score (nSPS) is 18.5. The van der Waals surface area contributed by atoms with Crippen molar-refractivity contribution in [2.45, 2.75) is 19.3 Å². The standard InChI is InChI=1S/C13H13F2N3/c1-9-2-3-11-10(6-9)12(17-8-16-11)18-5-4-13(14,15)7-18/h2-3,6,8H,4-5,7H2,1H3. The fourth-order valence-corrected chi connectivity index (χ4v) is 2.33. The van der Waals surface area contributed by atoms with E-state index in [0.717, 1.165) is 16.5 Å². The van der Waals surface area contributed by atoms with Gasteiger partial charge in [-0.2, -0.15) is 0 Å². The summed E-state index contributed by atoms with van der Waals surface area (Å²) < 4.78 is 26.5. The molecule has 0 aliphatic carbocycles. The van der Waals surface area contributed by atoms with Gasteiger partial charge in [0.05, 0.1) is 12.1 Å². The first-order chi connectivity index (χ1) is 8.55. The fourth-order valence-electron chi connectivity index (χ4n) is 2.33. The zero-order valence-electron chi connectivity index (χ0n) is 10.0. The molecule has 1 aliphatic rings. The van der Waals surface area contributed by atoms with Gasteiger partial charge in [0.1, 0.15) is 12.1 Å². The Bertz CT molecular complexity index is 598. The topological polar surface area (TPSA) is 29.0 Å². The third kappa shape index (κ3) is 1.89. The number of nitrogens with zero attached hydrogens (tertiary/aromatic N) is 3. The maximum Gasteiger partial charge on any atom is 0.266 e. The second-order valence-electron chi connectivity index (χ2n) is 4.75. The van der Waals surface area contributed by atoms with Gasteiger partial charge < -0.3 is 4.90 Å². The summed E-state index contributed by atoms with van der Waals surface area (Å²) in [6.07, 6.45) is 1.33. The van der Waals surface area contributed by atoms with Gasteiger partial charge in [-0.1, -0.05) is 11.6 Å². The van der Waals surface area contributed by atoms with E-state index in [1.807, 2.05) is 25.1 Å². The van der Waals surface area contributed by atoms with Crippen LogP contribution in [0.25, 0.3) is 10.9 Å². The predicted molar refractivity (Wildman–Crippen MR) is 66.1 cm³/mol. The van der Waals surface area contributed by atoms with Gasteiger partial charge >= 0.3 is 0 Å². The Morgan fingerprint density at radius 1 is 1.28 bits per heavy atom. The van der Waals surface area contributed by atoms with Crippen LogP contribution in [0.3, 0.4) is 0 Å². The molecule has 0 amide bonds. The van der Waals surface area contributed by atoms with Crippen LogP contribution in [0.5, 0.6) is 0 Å². The number of benzene rings is 1. The van der Waals surface area contributed by atoms with Crippen LogP contribution in [0.2, 0.25) is 0 Å². The van der Waals surface area contributed by atoms with E-state index in [9.17, 15) is 8.78 Å². The highest BCUT2D eigenvalue weighted by molar-refractivity contribution is 5.89. The Kier molecular flexibility index (Phi) is 2.43. The summed E-state index contributed by atoms with van der Waals surface area (Å²) in [5.74, 6) is -2.00. The lowest BCUT2D eigenvalue weighted by molar-refractivity contribution is 0.0257. The van der Waals surface area contributed by atoms with Crippen LogP contribution < -0.4 is 4.90 Å². The number of aromatic nitrogens is 2. The lowest BCUT2D eigenvalue weighted by atomic mass is 10.1. The van der Waals surface area contributed by atoms with Gasteiger partial charge in [-0.3, -0.25) is 0 Å². The maximum absolute atomic E-state index is 13.3. The zero-order chi connectivity index (χ0) is 12.8. The molecule has 94 valence electrons. The van der Waals surface area contributed by atoms with E-state index in [2.05, 4.69) is 9.97 Å². The second kappa shape index (κ2) is 3.86. The average molecular weight is 249 g/mol. The lowest BCUT2D eigenvalue weighted by Crippen LogP contribution is -2.25. The first kappa shape index (κ1) is 11.3. The van der Waals surface area contributed by atoms with Crippen molar-refractivity contribution in [3.63, 3.8) is 0 Å². The minimum atomic E-state index is -2.61. The molecule has 18 heavy (non-hydrogen) atoms. The lowest BCUT2D eigenvalue weighted by Gasteiger charge is -2.18. The fraction of sp³-hybridized carbons (Fsp3) is 0.385. The van der Waals surface area contributed by atoms with Gasteiger partial charge in [0.15, 0.2) is 0 Å². The number of aryl methyl sites for hydroxylation is 1. The molecule has 0 atom stereocenters. The van der Waals surface area contributed by atoms with E-state index in [4.69, 9.17) is 0 Å². The molecule has 1 saturated heterocycles. The molecule has 0 bridgehead atoms. The molecular weight excluding hydrogens is 236 g/mol. The first-order valence-corrected chi connectivity index (χ1v) is 5.89. The summed E-state index contributed by atoms with van der Waals surface area (Å²) in [5.41, 5.74) is 1.87. The molecular formula is C13H13F2N3. The smallest absolute Gasteiger partial charge is 0.266 e. The van der Waals surface area contributed by atoms with Crippen molar-refractivity contribution in [3.8, 4) is 0 Å². The molecule has 3 nitrogen and oxygen atoms in total. The van der Waals surface area contributed by atoms with Crippen molar-refractivity contribution in [2.24, 2.45) is 0 Å². The van der Waals surface area contributed by atoms with E-state index < -0.39 is 5.92 Å². The molecule has 1 aromatic heterocycles. The molecule has 0 N–H and O–H groups in total. The van der Waals surface area contributed by atoms with Gasteiger partial charge in [-0.25, -0.2) is 18.7 Å². The second-order valence-corrected chi connectivity index (χ2v) is 4.75. The zero-order valence-corrected chi connectivity index (χ0v) is 10.0. The highest BCUT2D eigenvalue weighted by Gasteiger charge is 2.39. The van der Waals surface area contributed by atoms with Crippen molar-refractivity contribution in [1.82, 2.24) is 9.97 Å². The van der Waals surface area contributed by atoms with Crippen LogP contribution in [0.4, 0.5) is 14.6 Å². The SMILES string of the molecule is Cc1ccc2ncnc(N3CCC(F)(F)C3)c2c1. The minimum absolute atomic E-state index is 0.107. The summed E-state index contributed by atoms with van der Waals surface area (Å²) in [7, 11) is 0.